The number of pyridine rings is 1. The highest BCUT2D eigenvalue weighted by Crippen LogP contribution is 2.38. The van der Waals surface area contributed by atoms with Crippen LogP contribution in [0, 0.1) is 10.1 Å². The van der Waals surface area contributed by atoms with E-state index in [-0.39, 0.29) is 6.07 Å². The first-order chi connectivity index (χ1) is 9.33. The molecule has 116 valence electrons. The number of alkyl halides is 6. The van der Waals surface area contributed by atoms with E-state index in [0.29, 0.717) is 0 Å². The lowest BCUT2D eigenvalue weighted by atomic mass is 10.2. The second kappa shape index (κ2) is 5.35. The second-order valence-electron chi connectivity index (χ2n) is 3.29. The second-order valence-corrected chi connectivity index (χ2v) is 3.63. The SMILES string of the molecule is O=C(Cl)c1cc(C(F)(F)F)nc(OC(F)(F)F)c1[N+](=O)[O-]. The van der Waals surface area contributed by atoms with E-state index in [4.69, 9.17) is 11.6 Å². The lowest BCUT2D eigenvalue weighted by Crippen LogP contribution is -2.21. The van der Waals surface area contributed by atoms with Crippen LogP contribution in [-0.4, -0.2) is 21.5 Å². The number of hydrogen-bond donors (Lipinski definition) is 0. The third kappa shape index (κ3) is 4.18. The zero-order valence-electron chi connectivity index (χ0n) is 9.25. The topological polar surface area (TPSA) is 82.3 Å². The van der Waals surface area contributed by atoms with E-state index in [9.17, 15) is 41.3 Å². The van der Waals surface area contributed by atoms with Crippen molar-refractivity contribution >= 4 is 22.5 Å². The van der Waals surface area contributed by atoms with Crippen molar-refractivity contribution in [3.63, 3.8) is 0 Å². The van der Waals surface area contributed by atoms with Crippen molar-refractivity contribution < 1.29 is 40.8 Å². The van der Waals surface area contributed by atoms with Gasteiger partial charge in [0.1, 0.15) is 11.3 Å². The minimum Gasteiger partial charge on any atom is -0.381 e. The number of aromatic nitrogens is 1. The molecule has 0 aliphatic heterocycles. The first-order valence-corrected chi connectivity index (χ1v) is 4.93. The summed E-state index contributed by atoms with van der Waals surface area (Å²) in [6.07, 6.45) is -10.8. The summed E-state index contributed by atoms with van der Waals surface area (Å²) in [4.78, 5) is 22.3. The Morgan fingerprint density at radius 1 is 1.29 bits per heavy atom. The molecular formula is C8HClF6N2O4. The lowest BCUT2D eigenvalue weighted by molar-refractivity contribution is -0.389. The first-order valence-electron chi connectivity index (χ1n) is 4.55. The summed E-state index contributed by atoms with van der Waals surface area (Å²) in [6.45, 7) is 0. The molecule has 1 aromatic rings. The van der Waals surface area contributed by atoms with Crippen LogP contribution in [-0.2, 0) is 6.18 Å². The number of hydrogen-bond acceptors (Lipinski definition) is 5. The molecule has 0 aliphatic carbocycles. The summed E-state index contributed by atoms with van der Waals surface area (Å²) < 4.78 is 76.6. The highest BCUT2D eigenvalue weighted by atomic mass is 35.5. The van der Waals surface area contributed by atoms with Gasteiger partial charge in [-0.25, -0.2) is 4.98 Å². The van der Waals surface area contributed by atoms with Crippen LogP contribution < -0.4 is 4.74 Å². The van der Waals surface area contributed by atoms with E-state index < -0.39 is 45.5 Å². The van der Waals surface area contributed by atoms with Gasteiger partial charge in [0.25, 0.3) is 5.24 Å². The van der Waals surface area contributed by atoms with Crippen LogP contribution in [0.1, 0.15) is 16.1 Å². The van der Waals surface area contributed by atoms with Crippen molar-refractivity contribution in [1.82, 2.24) is 4.98 Å². The molecule has 0 aliphatic rings. The quantitative estimate of drug-likeness (QED) is 0.365. The first kappa shape index (κ1) is 16.9. The van der Waals surface area contributed by atoms with E-state index in [1.807, 2.05) is 0 Å². The number of rotatable bonds is 3. The normalized spacial score (nSPS) is 12.1. The molecule has 1 heterocycles. The van der Waals surface area contributed by atoms with Gasteiger partial charge in [0.15, 0.2) is 0 Å². The minimum atomic E-state index is -5.56. The molecule has 0 unspecified atom stereocenters. The molecule has 1 rings (SSSR count). The standard InChI is InChI=1S/C8HClF6N2O4/c9-5(18)2-1-3(7(10,11)12)16-6(4(2)17(19)20)21-8(13,14)15/h1H. The molecule has 0 aromatic carbocycles. The maximum absolute atomic E-state index is 12.5. The lowest BCUT2D eigenvalue weighted by Gasteiger charge is -2.12. The summed E-state index contributed by atoms with van der Waals surface area (Å²) >= 11 is 4.84. The Kier molecular flexibility index (Phi) is 4.32. The largest absolute Gasteiger partial charge is 0.574 e. The molecule has 0 bridgehead atoms. The van der Waals surface area contributed by atoms with Crippen molar-refractivity contribution in [2.24, 2.45) is 0 Å². The van der Waals surface area contributed by atoms with Gasteiger partial charge in [-0.1, -0.05) is 0 Å². The summed E-state index contributed by atoms with van der Waals surface area (Å²) in [5.41, 5.74) is -5.15. The molecule has 0 fully saturated rings. The van der Waals surface area contributed by atoms with E-state index in [1.54, 1.807) is 0 Å². The van der Waals surface area contributed by atoms with Crippen LogP contribution >= 0.6 is 11.6 Å². The van der Waals surface area contributed by atoms with E-state index >= 15 is 0 Å². The average Bonchev–Trinajstić information content (AvgIpc) is 2.23. The zero-order valence-corrected chi connectivity index (χ0v) is 10.0. The van der Waals surface area contributed by atoms with Gasteiger partial charge >= 0.3 is 24.1 Å². The summed E-state index contributed by atoms with van der Waals surface area (Å²) in [5.74, 6) is -2.04. The average molecular weight is 339 g/mol. The maximum Gasteiger partial charge on any atom is 0.574 e. The molecule has 0 N–H and O–H groups in total. The van der Waals surface area contributed by atoms with Crippen molar-refractivity contribution in [2.45, 2.75) is 12.5 Å². The van der Waals surface area contributed by atoms with Crippen LogP contribution in [0.15, 0.2) is 6.07 Å². The molecule has 0 amide bonds. The molecule has 13 heteroatoms. The van der Waals surface area contributed by atoms with Gasteiger partial charge in [-0.3, -0.25) is 14.9 Å². The fraction of sp³-hybridized carbons (Fsp3) is 0.250. The van der Waals surface area contributed by atoms with Gasteiger partial charge in [0, 0.05) is 0 Å². The predicted octanol–water partition coefficient (Wildman–Crippen LogP) is 3.29. The molecule has 0 saturated carbocycles. The Morgan fingerprint density at radius 3 is 2.14 bits per heavy atom. The Morgan fingerprint density at radius 2 is 1.81 bits per heavy atom. The van der Waals surface area contributed by atoms with E-state index in [0.717, 1.165) is 0 Å². The van der Waals surface area contributed by atoms with Crippen LogP contribution in [0.4, 0.5) is 32.0 Å². The molecule has 0 radical (unpaired) electrons. The molecule has 0 atom stereocenters. The number of nitro groups is 1. The number of ether oxygens (including phenoxy) is 1. The summed E-state index contributed by atoms with van der Waals surface area (Å²) in [7, 11) is 0. The fourth-order valence-electron chi connectivity index (χ4n) is 1.17. The van der Waals surface area contributed by atoms with Gasteiger partial charge in [0.2, 0.25) is 0 Å². The Bertz CT molecular complexity index is 600. The molecular weight excluding hydrogens is 338 g/mol. The van der Waals surface area contributed by atoms with Crippen LogP contribution in [0.3, 0.4) is 0 Å². The third-order valence-corrected chi connectivity index (χ3v) is 2.06. The number of carbonyl (C=O) groups is 1. The van der Waals surface area contributed by atoms with Gasteiger partial charge in [0.05, 0.1) is 4.92 Å². The van der Waals surface area contributed by atoms with E-state index in [2.05, 4.69) is 9.72 Å². The smallest absolute Gasteiger partial charge is 0.381 e. The zero-order chi connectivity index (χ0) is 16.6. The summed E-state index contributed by atoms with van der Waals surface area (Å²) in [6, 6.07) is -0.142. The summed E-state index contributed by atoms with van der Waals surface area (Å²) in [5, 5.41) is 8.84. The number of halogens is 7. The van der Waals surface area contributed by atoms with Crippen LogP contribution in [0.5, 0.6) is 5.88 Å². The monoisotopic (exact) mass is 338 g/mol. The van der Waals surface area contributed by atoms with Crippen LogP contribution in [0.25, 0.3) is 0 Å². The van der Waals surface area contributed by atoms with Gasteiger partial charge in [-0.15, -0.1) is 13.2 Å². The molecule has 1 aromatic heterocycles. The predicted molar refractivity (Wildman–Crippen MR) is 52.8 cm³/mol. The molecule has 0 saturated heterocycles. The van der Waals surface area contributed by atoms with Crippen molar-refractivity contribution in [2.75, 3.05) is 0 Å². The van der Waals surface area contributed by atoms with E-state index in [1.165, 1.54) is 0 Å². The van der Waals surface area contributed by atoms with Gasteiger partial charge in [-0.05, 0) is 17.7 Å². The van der Waals surface area contributed by atoms with Crippen LogP contribution in [0.2, 0.25) is 0 Å². The highest BCUT2D eigenvalue weighted by molar-refractivity contribution is 6.68. The van der Waals surface area contributed by atoms with Gasteiger partial charge in [-0.2, -0.15) is 13.2 Å². The maximum atomic E-state index is 12.5. The third-order valence-electron chi connectivity index (χ3n) is 1.86. The van der Waals surface area contributed by atoms with Crippen molar-refractivity contribution in [3.05, 3.63) is 27.4 Å². The Labute approximate surface area is 115 Å². The highest BCUT2D eigenvalue weighted by Gasteiger charge is 2.42. The number of carbonyl (C=O) groups excluding carboxylic acids is 1. The molecule has 6 nitrogen and oxygen atoms in total. The van der Waals surface area contributed by atoms with Gasteiger partial charge < -0.3 is 4.74 Å². The minimum absolute atomic E-state index is 0.142. The molecule has 21 heavy (non-hydrogen) atoms. The Hall–Kier alpha value is -2.11. The molecule has 0 spiro atoms. The fourth-order valence-corrected chi connectivity index (χ4v) is 1.31. The van der Waals surface area contributed by atoms with Crippen molar-refractivity contribution in [1.29, 1.82) is 0 Å². The number of nitrogens with zero attached hydrogens (tertiary/aromatic N) is 2. The Balaban J connectivity index is 3.68. The van der Waals surface area contributed by atoms with Crippen molar-refractivity contribution in [3.8, 4) is 5.88 Å².